The van der Waals surface area contributed by atoms with Crippen molar-refractivity contribution in [3.63, 3.8) is 0 Å². The molecule has 27 heavy (non-hydrogen) atoms. The Morgan fingerprint density at radius 2 is 2.00 bits per heavy atom. The Kier molecular flexibility index (Phi) is 3.75. The highest BCUT2D eigenvalue weighted by Gasteiger charge is 2.60. The Balaban J connectivity index is 1.36. The topological polar surface area (TPSA) is 111 Å². The van der Waals surface area contributed by atoms with Gasteiger partial charge in [0.05, 0.1) is 5.54 Å². The molecule has 4 aliphatic carbocycles. The molecule has 2 amide bonds. The van der Waals surface area contributed by atoms with Gasteiger partial charge in [0.2, 0.25) is 5.13 Å². The number of anilines is 1. The molecule has 2 atom stereocenters. The predicted octanol–water partition coefficient (Wildman–Crippen LogP) is 2.27. The van der Waals surface area contributed by atoms with Gasteiger partial charge in [-0.05, 0) is 68.9 Å². The van der Waals surface area contributed by atoms with E-state index in [4.69, 9.17) is 0 Å². The zero-order valence-corrected chi connectivity index (χ0v) is 16.4. The lowest BCUT2D eigenvalue weighted by atomic mass is 9.50. The predicted molar refractivity (Wildman–Crippen MR) is 99.4 cm³/mol. The van der Waals surface area contributed by atoms with E-state index in [-0.39, 0.29) is 17.1 Å². The maximum atomic E-state index is 12.7. The summed E-state index contributed by atoms with van der Waals surface area (Å²) in [5, 5.41) is 28.7. The van der Waals surface area contributed by atoms with Crippen LogP contribution in [0.3, 0.4) is 0 Å². The van der Waals surface area contributed by atoms with Crippen LogP contribution in [0.1, 0.15) is 56.3 Å². The summed E-state index contributed by atoms with van der Waals surface area (Å²) in [6, 6.07) is -0.186. The van der Waals surface area contributed by atoms with E-state index >= 15 is 0 Å². The Hall–Kier alpha value is -2.10. The van der Waals surface area contributed by atoms with E-state index in [1.54, 1.807) is 0 Å². The van der Waals surface area contributed by atoms with E-state index in [9.17, 15) is 4.79 Å². The molecule has 4 fully saturated rings. The van der Waals surface area contributed by atoms with E-state index in [1.807, 2.05) is 18.6 Å². The highest BCUT2D eigenvalue weighted by molar-refractivity contribution is 7.15. The molecule has 144 valence electrons. The van der Waals surface area contributed by atoms with Crippen LogP contribution in [0.2, 0.25) is 0 Å². The first-order valence-electron chi connectivity index (χ1n) is 9.66. The van der Waals surface area contributed by atoms with E-state index in [2.05, 4.69) is 36.2 Å². The van der Waals surface area contributed by atoms with Crippen molar-refractivity contribution in [3.8, 4) is 0 Å². The molecule has 2 aromatic heterocycles. The SMILES string of the molecule is CCc1nnc(NC(=O)NC23CC4CC(C2)CC(n2nnc(C)n2)(C4)C3)s1. The van der Waals surface area contributed by atoms with Crippen molar-refractivity contribution in [1.82, 2.24) is 35.7 Å². The molecule has 2 heterocycles. The molecule has 2 unspecified atom stereocenters. The number of aromatic nitrogens is 6. The lowest BCUT2D eigenvalue weighted by Gasteiger charge is -2.61. The molecule has 0 saturated heterocycles. The highest BCUT2D eigenvalue weighted by Crippen LogP contribution is 2.60. The van der Waals surface area contributed by atoms with Crippen LogP contribution in [0.5, 0.6) is 0 Å². The molecular weight excluding hydrogens is 364 g/mol. The van der Waals surface area contributed by atoms with Crippen molar-refractivity contribution in [3.05, 3.63) is 10.8 Å². The second kappa shape index (κ2) is 5.95. The Morgan fingerprint density at radius 1 is 1.22 bits per heavy atom. The highest BCUT2D eigenvalue weighted by atomic mass is 32.1. The smallest absolute Gasteiger partial charge is 0.321 e. The summed E-state index contributed by atoms with van der Waals surface area (Å²) in [6.45, 7) is 3.90. The molecular formula is C17H24N8OS. The molecule has 2 N–H and O–H groups in total. The molecule has 0 radical (unpaired) electrons. The summed E-state index contributed by atoms with van der Waals surface area (Å²) in [5.74, 6) is 1.91. The second-order valence-corrected chi connectivity index (χ2v) is 9.59. The van der Waals surface area contributed by atoms with Crippen LogP contribution >= 0.6 is 11.3 Å². The van der Waals surface area contributed by atoms with Gasteiger partial charge in [0.25, 0.3) is 0 Å². The van der Waals surface area contributed by atoms with Crippen molar-refractivity contribution < 1.29 is 4.79 Å². The van der Waals surface area contributed by atoms with Crippen LogP contribution in [0.25, 0.3) is 0 Å². The number of urea groups is 1. The summed E-state index contributed by atoms with van der Waals surface area (Å²) in [5.41, 5.74) is -0.315. The van der Waals surface area contributed by atoms with Gasteiger partial charge < -0.3 is 5.32 Å². The minimum atomic E-state index is -0.200. The number of hydrogen-bond acceptors (Lipinski definition) is 7. The Labute approximate surface area is 161 Å². The van der Waals surface area contributed by atoms with Gasteiger partial charge in [-0.25, -0.2) is 4.79 Å². The minimum absolute atomic E-state index is 0.114. The van der Waals surface area contributed by atoms with E-state index in [1.165, 1.54) is 17.8 Å². The van der Waals surface area contributed by atoms with Gasteiger partial charge in [-0.3, -0.25) is 5.32 Å². The number of hydrogen-bond donors (Lipinski definition) is 2. The number of carbonyl (C=O) groups is 1. The first-order chi connectivity index (χ1) is 13.0. The fourth-order valence-electron chi connectivity index (χ4n) is 5.90. The number of nitrogens with zero attached hydrogens (tertiary/aromatic N) is 6. The van der Waals surface area contributed by atoms with E-state index < -0.39 is 0 Å². The molecule has 10 heteroatoms. The first kappa shape index (κ1) is 17.0. The second-order valence-electron chi connectivity index (χ2n) is 8.53. The maximum absolute atomic E-state index is 12.7. The average molecular weight is 389 g/mol. The number of aryl methyl sites for hydroxylation is 2. The summed E-state index contributed by atoms with van der Waals surface area (Å²) in [4.78, 5) is 14.5. The molecule has 9 nitrogen and oxygen atoms in total. The number of nitrogens with one attached hydrogen (secondary N) is 2. The van der Waals surface area contributed by atoms with Gasteiger partial charge in [0.15, 0.2) is 5.82 Å². The van der Waals surface area contributed by atoms with Crippen LogP contribution in [0.15, 0.2) is 0 Å². The molecule has 0 aliphatic heterocycles. The first-order valence-corrected chi connectivity index (χ1v) is 10.5. The third-order valence-electron chi connectivity index (χ3n) is 6.34. The monoisotopic (exact) mass is 388 g/mol. The third-order valence-corrected chi connectivity index (χ3v) is 7.32. The quantitative estimate of drug-likeness (QED) is 0.831. The van der Waals surface area contributed by atoms with Crippen molar-refractivity contribution in [2.45, 2.75) is 69.9 Å². The van der Waals surface area contributed by atoms with E-state index in [0.29, 0.717) is 22.8 Å². The molecule has 6 rings (SSSR count). The molecule has 0 spiro atoms. The lowest BCUT2D eigenvalue weighted by Crippen LogP contribution is -2.66. The number of rotatable bonds is 4. The normalized spacial score (nSPS) is 34.0. The van der Waals surface area contributed by atoms with Gasteiger partial charge in [-0.15, -0.1) is 20.4 Å². The largest absolute Gasteiger partial charge is 0.332 e. The fraction of sp³-hybridized carbons (Fsp3) is 0.765. The van der Waals surface area contributed by atoms with Gasteiger partial charge in [0, 0.05) is 5.54 Å². The van der Waals surface area contributed by atoms with Gasteiger partial charge in [0.1, 0.15) is 5.01 Å². The summed E-state index contributed by atoms with van der Waals surface area (Å²) in [6.07, 6.45) is 7.16. The zero-order valence-electron chi connectivity index (χ0n) is 15.6. The summed E-state index contributed by atoms with van der Waals surface area (Å²) in [7, 11) is 0. The van der Waals surface area contributed by atoms with Gasteiger partial charge in [-0.2, -0.15) is 4.80 Å². The van der Waals surface area contributed by atoms with Crippen molar-refractivity contribution in [2.75, 3.05) is 5.32 Å². The van der Waals surface area contributed by atoms with Crippen LogP contribution < -0.4 is 10.6 Å². The van der Waals surface area contributed by atoms with Crippen LogP contribution in [-0.2, 0) is 12.0 Å². The van der Waals surface area contributed by atoms with Gasteiger partial charge in [-0.1, -0.05) is 18.3 Å². The molecule has 0 aromatic carbocycles. The standard InChI is InChI=1S/C17H24N8OS/c1-3-13-21-22-15(27-13)18-14(26)19-16-5-11-4-12(6-16)8-17(7-11,9-16)25-23-10(2)20-24-25/h11-12H,3-9H2,1-2H3,(H2,18,19,22,26). The Morgan fingerprint density at radius 3 is 2.63 bits per heavy atom. The summed E-state index contributed by atoms with van der Waals surface area (Å²) >= 11 is 1.43. The molecule has 4 saturated carbocycles. The molecule has 2 aromatic rings. The van der Waals surface area contributed by atoms with E-state index in [0.717, 1.165) is 43.5 Å². The fourth-order valence-corrected chi connectivity index (χ4v) is 6.57. The maximum Gasteiger partial charge on any atom is 0.321 e. The molecule has 4 bridgehead atoms. The zero-order chi connectivity index (χ0) is 18.6. The minimum Gasteiger partial charge on any atom is -0.332 e. The number of tetrazole rings is 1. The average Bonchev–Trinajstić information content (AvgIpc) is 3.22. The lowest BCUT2D eigenvalue weighted by molar-refractivity contribution is -0.0797. The van der Waals surface area contributed by atoms with Gasteiger partial charge >= 0.3 is 6.03 Å². The third kappa shape index (κ3) is 2.90. The van der Waals surface area contributed by atoms with Crippen molar-refractivity contribution in [1.29, 1.82) is 0 Å². The summed E-state index contributed by atoms with van der Waals surface area (Å²) < 4.78 is 0. The van der Waals surface area contributed by atoms with Crippen molar-refractivity contribution in [2.24, 2.45) is 11.8 Å². The van der Waals surface area contributed by atoms with Crippen LogP contribution in [0, 0.1) is 18.8 Å². The van der Waals surface area contributed by atoms with Crippen molar-refractivity contribution >= 4 is 22.5 Å². The van der Waals surface area contributed by atoms with Crippen LogP contribution in [-0.4, -0.2) is 42.0 Å². The van der Waals surface area contributed by atoms with Crippen LogP contribution in [0.4, 0.5) is 9.93 Å². The Bertz CT molecular complexity index is 862. The number of amides is 2. The molecule has 4 aliphatic rings. The number of carbonyl (C=O) groups excluding carboxylic acids is 1.